The van der Waals surface area contributed by atoms with E-state index in [0.717, 1.165) is 18.6 Å². The predicted molar refractivity (Wildman–Crippen MR) is 82.4 cm³/mol. The van der Waals surface area contributed by atoms with Gasteiger partial charge in [-0.2, -0.15) is 11.8 Å². The van der Waals surface area contributed by atoms with E-state index in [0.29, 0.717) is 11.8 Å². The number of carboxylic acid groups (broad SMARTS) is 1. The van der Waals surface area contributed by atoms with Gasteiger partial charge in [0.05, 0.1) is 0 Å². The Bertz CT molecular complexity index is 616. The fourth-order valence-electron chi connectivity index (χ4n) is 2.29. The number of hydrogen-bond donors (Lipinski definition) is 2. The number of carbonyl (C=O) groups is 1. The molecule has 1 aromatic heterocycles. The Labute approximate surface area is 129 Å². The zero-order valence-electron chi connectivity index (χ0n) is 12.1. The summed E-state index contributed by atoms with van der Waals surface area (Å²) in [6.07, 6.45) is 3.52. The molecule has 0 aliphatic carbocycles. The van der Waals surface area contributed by atoms with Crippen molar-refractivity contribution in [3.05, 3.63) is 18.0 Å². The first-order chi connectivity index (χ1) is 9.81. The fourth-order valence-corrected chi connectivity index (χ4v) is 4.70. The molecule has 1 saturated heterocycles. The summed E-state index contributed by atoms with van der Waals surface area (Å²) in [4.78, 5) is 11.2. The van der Waals surface area contributed by atoms with E-state index in [2.05, 4.69) is 4.72 Å². The van der Waals surface area contributed by atoms with E-state index in [1.165, 1.54) is 16.8 Å². The van der Waals surface area contributed by atoms with Crippen LogP contribution in [-0.2, 0) is 10.0 Å². The molecule has 1 aliphatic heterocycles. The Balaban J connectivity index is 2.19. The van der Waals surface area contributed by atoms with Crippen molar-refractivity contribution in [1.82, 2.24) is 9.29 Å². The number of carboxylic acids is 1. The van der Waals surface area contributed by atoms with Crippen LogP contribution in [0.4, 0.5) is 0 Å². The summed E-state index contributed by atoms with van der Waals surface area (Å²) in [6.45, 7) is 4.01. The van der Waals surface area contributed by atoms with Crippen LogP contribution in [0.25, 0.3) is 0 Å². The highest BCUT2D eigenvalue weighted by atomic mass is 32.2. The fraction of sp³-hybridized carbons (Fsp3) is 0.615. The van der Waals surface area contributed by atoms with Crippen LogP contribution in [0, 0.1) is 0 Å². The third-order valence-electron chi connectivity index (χ3n) is 3.43. The Morgan fingerprint density at radius 1 is 1.57 bits per heavy atom. The van der Waals surface area contributed by atoms with Gasteiger partial charge < -0.3 is 9.67 Å². The Morgan fingerprint density at radius 3 is 2.76 bits per heavy atom. The van der Waals surface area contributed by atoms with E-state index < -0.39 is 16.0 Å². The minimum atomic E-state index is -3.66. The molecule has 0 saturated carbocycles. The lowest BCUT2D eigenvalue weighted by atomic mass is 10.2. The molecular weight excluding hydrogens is 312 g/mol. The van der Waals surface area contributed by atoms with Gasteiger partial charge in [-0.25, -0.2) is 17.9 Å². The molecule has 2 heterocycles. The molecule has 0 radical (unpaired) electrons. The third-order valence-corrected chi connectivity index (χ3v) is 6.22. The highest BCUT2D eigenvalue weighted by molar-refractivity contribution is 8.00. The van der Waals surface area contributed by atoms with E-state index in [4.69, 9.17) is 5.11 Å². The molecule has 1 unspecified atom stereocenters. The Kier molecular flexibility index (Phi) is 5.00. The summed E-state index contributed by atoms with van der Waals surface area (Å²) >= 11 is 1.77. The van der Waals surface area contributed by atoms with Crippen LogP contribution in [0.1, 0.15) is 43.2 Å². The number of hydrogen-bond acceptors (Lipinski definition) is 4. The molecule has 0 aromatic carbocycles. The molecule has 0 bridgehead atoms. The first-order valence-electron chi connectivity index (χ1n) is 6.87. The van der Waals surface area contributed by atoms with Crippen LogP contribution in [0.3, 0.4) is 0 Å². The number of thioether (sulfide) groups is 1. The first-order valence-corrected chi connectivity index (χ1v) is 9.41. The lowest BCUT2D eigenvalue weighted by Crippen LogP contribution is -2.29. The van der Waals surface area contributed by atoms with Gasteiger partial charge in [-0.1, -0.05) is 0 Å². The molecule has 2 rings (SSSR count). The van der Waals surface area contributed by atoms with Gasteiger partial charge in [0.2, 0.25) is 10.0 Å². The summed E-state index contributed by atoms with van der Waals surface area (Å²) in [5.74, 6) is -0.0595. The summed E-state index contributed by atoms with van der Waals surface area (Å²) in [7, 11) is -3.66. The number of nitrogens with zero attached hydrogens (tertiary/aromatic N) is 1. The van der Waals surface area contributed by atoms with Crippen LogP contribution in [0.15, 0.2) is 17.2 Å². The number of aromatic carboxylic acids is 1. The van der Waals surface area contributed by atoms with Gasteiger partial charge in [-0.05, 0) is 38.5 Å². The molecule has 2 N–H and O–H groups in total. The maximum absolute atomic E-state index is 12.3. The molecule has 8 heteroatoms. The molecule has 1 fully saturated rings. The Morgan fingerprint density at radius 2 is 2.29 bits per heavy atom. The van der Waals surface area contributed by atoms with E-state index in [1.807, 2.05) is 13.8 Å². The SMILES string of the molecule is CC(C)n1cc(S(=O)(=O)NCC2CCCS2)cc1C(=O)O. The van der Waals surface area contributed by atoms with Gasteiger partial charge >= 0.3 is 5.97 Å². The lowest BCUT2D eigenvalue weighted by Gasteiger charge is -2.10. The van der Waals surface area contributed by atoms with Crippen molar-refractivity contribution >= 4 is 27.8 Å². The minimum absolute atomic E-state index is 0.0107. The van der Waals surface area contributed by atoms with Crippen LogP contribution in [0.5, 0.6) is 0 Å². The summed E-state index contributed by atoms with van der Waals surface area (Å²) in [6, 6.07) is 1.09. The van der Waals surface area contributed by atoms with E-state index in [9.17, 15) is 13.2 Å². The standard InChI is InChI=1S/C13H20N2O4S2/c1-9(2)15-8-11(6-12(15)13(16)17)21(18,19)14-7-10-4-3-5-20-10/h6,8-10,14H,3-5,7H2,1-2H3,(H,16,17). The van der Waals surface area contributed by atoms with Gasteiger partial charge in [0.25, 0.3) is 0 Å². The molecule has 0 amide bonds. The summed E-state index contributed by atoms with van der Waals surface area (Å²) < 4.78 is 28.6. The maximum Gasteiger partial charge on any atom is 0.352 e. The molecule has 1 atom stereocenters. The smallest absolute Gasteiger partial charge is 0.352 e. The van der Waals surface area contributed by atoms with Crippen molar-refractivity contribution in [1.29, 1.82) is 0 Å². The van der Waals surface area contributed by atoms with Crippen LogP contribution >= 0.6 is 11.8 Å². The van der Waals surface area contributed by atoms with Gasteiger partial charge in [-0.15, -0.1) is 0 Å². The van der Waals surface area contributed by atoms with Crippen LogP contribution < -0.4 is 4.72 Å². The zero-order valence-corrected chi connectivity index (χ0v) is 13.7. The average Bonchev–Trinajstić information content (AvgIpc) is 3.06. The second-order valence-electron chi connectivity index (χ2n) is 5.35. The van der Waals surface area contributed by atoms with Crippen molar-refractivity contribution in [2.75, 3.05) is 12.3 Å². The number of nitrogens with one attached hydrogen (secondary N) is 1. The van der Waals surface area contributed by atoms with Crippen molar-refractivity contribution in [3.63, 3.8) is 0 Å². The quantitative estimate of drug-likeness (QED) is 0.831. The van der Waals surface area contributed by atoms with Gasteiger partial charge in [-0.3, -0.25) is 0 Å². The normalized spacial score (nSPS) is 19.3. The lowest BCUT2D eigenvalue weighted by molar-refractivity contribution is 0.0683. The van der Waals surface area contributed by atoms with Crippen LogP contribution in [-0.4, -0.2) is 41.6 Å². The second kappa shape index (κ2) is 6.41. The molecule has 1 aromatic rings. The first kappa shape index (κ1) is 16.4. The number of aromatic nitrogens is 1. The predicted octanol–water partition coefficient (Wildman–Crippen LogP) is 1.94. The maximum atomic E-state index is 12.3. The van der Waals surface area contributed by atoms with E-state index in [-0.39, 0.29) is 16.6 Å². The zero-order chi connectivity index (χ0) is 15.6. The largest absolute Gasteiger partial charge is 0.477 e. The van der Waals surface area contributed by atoms with Gasteiger partial charge in [0, 0.05) is 24.0 Å². The number of rotatable bonds is 6. The van der Waals surface area contributed by atoms with Crippen molar-refractivity contribution < 1.29 is 18.3 Å². The summed E-state index contributed by atoms with van der Waals surface area (Å²) in [5, 5.41) is 9.47. The molecule has 118 valence electrons. The van der Waals surface area contributed by atoms with Crippen molar-refractivity contribution in [2.45, 2.75) is 42.9 Å². The highest BCUT2D eigenvalue weighted by Gasteiger charge is 2.24. The molecular formula is C13H20N2O4S2. The van der Waals surface area contributed by atoms with Gasteiger partial charge in [0.15, 0.2) is 0 Å². The highest BCUT2D eigenvalue weighted by Crippen LogP contribution is 2.26. The van der Waals surface area contributed by atoms with E-state index >= 15 is 0 Å². The van der Waals surface area contributed by atoms with Crippen molar-refractivity contribution in [3.8, 4) is 0 Å². The second-order valence-corrected chi connectivity index (χ2v) is 8.53. The summed E-state index contributed by atoms with van der Waals surface area (Å²) in [5.41, 5.74) is -0.0133. The monoisotopic (exact) mass is 332 g/mol. The van der Waals surface area contributed by atoms with E-state index in [1.54, 1.807) is 11.8 Å². The Hall–Kier alpha value is -0.990. The molecule has 0 spiro atoms. The topological polar surface area (TPSA) is 88.4 Å². The molecule has 1 aliphatic rings. The van der Waals surface area contributed by atoms with Gasteiger partial charge in [0.1, 0.15) is 10.6 Å². The molecule has 6 nitrogen and oxygen atoms in total. The average molecular weight is 332 g/mol. The van der Waals surface area contributed by atoms with Crippen LogP contribution in [0.2, 0.25) is 0 Å². The third kappa shape index (κ3) is 3.81. The number of sulfonamides is 1. The van der Waals surface area contributed by atoms with Crippen molar-refractivity contribution in [2.24, 2.45) is 0 Å². The molecule has 21 heavy (non-hydrogen) atoms. The minimum Gasteiger partial charge on any atom is -0.477 e.